The molecule has 2 aromatic rings. The predicted octanol–water partition coefficient (Wildman–Crippen LogP) is 4.81. The monoisotopic (exact) mass is 336 g/mol. The Kier molecular flexibility index (Phi) is 4.26. The molecule has 22 heavy (non-hydrogen) atoms. The van der Waals surface area contributed by atoms with Gasteiger partial charge in [-0.1, -0.05) is 24.6 Å². The van der Waals surface area contributed by atoms with Crippen LogP contribution in [0.25, 0.3) is 0 Å². The van der Waals surface area contributed by atoms with Gasteiger partial charge in [0.1, 0.15) is 0 Å². The Morgan fingerprint density at radius 2 is 2.27 bits per heavy atom. The average molecular weight is 337 g/mol. The summed E-state index contributed by atoms with van der Waals surface area (Å²) in [5, 5.41) is 0.970. The molecule has 2 aliphatic carbocycles. The molecule has 0 spiro atoms. The van der Waals surface area contributed by atoms with Crippen LogP contribution in [0.1, 0.15) is 42.9 Å². The van der Waals surface area contributed by atoms with Crippen molar-refractivity contribution in [3.8, 4) is 0 Å². The van der Waals surface area contributed by atoms with E-state index >= 15 is 0 Å². The van der Waals surface area contributed by atoms with Gasteiger partial charge in [-0.25, -0.2) is 4.98 Å². The van der Waals surface area contributed by atoms with Crippen LogP contribution in [0.3, 0.4) is 0 Å². The summed E-state index contributed by atoms with van der Waals surface area (Å²) in [6.07, 6.45) is 12.1. The third kappa shape index (κ3) is 2.57. The summed E-state index contributed by atoms with van der Waals surface area (Å²) in [7, 11) is 0. The fraction of sp³-hybridized carbons (Fsp3) is 0.500. The second-order valence-electron chi connectivity index (χ2n) is 7.01. The Bertz CT molecular complexity index is 666. The first-order chi connectivity index (χ1) is 10.2. The van der Waals surface area contributed by atoms with E-state index in [-0.39, 0.29) is 12.4 Å². The SMILES string of the molecule is CC12CCCc3ccc(Cl)c(c31)CC(Cn1ccnc1)C2.Cl. The molecular formula is C18H22Cl2N2. The maximum Gasteiger partial charge on any atom is 0.0945 e. The van der Waals surface area contributed by atoms with E-state index in [9.17, 15) is 0 Å². The molecule has 1 aromatic heterocycles. The molecule has 1 heterocycles. The fourth-order valence-corrected chi connectivity index (χ4v) is 4.88. The van der Waals surface area contributed by atoms with Crippen LogP contribution < -0.4 is 0 Å². The van der Waals surface area contributed by atoms with Gasteiger partial charge in [0.05, 0.1) is 6.33 Å². The molecule has 0 bridgehead atoms. The highest BCUT2D eigenvalue weighted by molar-refractivity contribution is 6.31. The second kappa shape index (κ2) is 5.90. The standard InChI is InChI=1S/C18H21ClN2.ClH/c1-18-6-2-3-14-4-5-16(19)15(17(14)18)9-13(10-18)11-21-8-7-20-12-21;/h4-5,7-8,12-13H,2-3,6,9-11H2,1H3;1H. The fourth-order valence-electron chi connectivity index (χ4n) is 4.65. The summed E-state index contributed by atoms with van der Waals surface area (Å²) < 4.78 is 2.21. The van der Waals surface area contributed by atoms with Crippen molar-refractivity contribution in [3.63, 3.8) is 0 Å². The van der Waals surface area contributed by atoms with Crippen LogP contribution in [-0.4, -0.2) is 9.55 Å². The number of benzene rings is 1. The molecule has 0 aliphatic heterocycles. The first-order valence-electron chi connectivity index (χ1n) is 7.92. The molecule has 2 unspecified atom stereocenters. The number of halogens is 2. The Labute approximate surface area is 143 Å². The molecule has 2 aliphatic rings. The van der Waals surface area contributed by atoms with Crippen LogP contribution in [0, 0.1) is 5.92 Å². The van der Waals surface area contributed by atoms with Crippen molar-refractivity contribution < 1.29 is 0 Å². The van der Waals surface area contributed by atoms with Crippen molar-refractivity contribution in [1.82, 2.24) is 9.55 Å². The van der Waals surface area contributed by atoms with Crippen molar-refractivity contribution in [2.45, 2.75) is 51.0 Å². The summed E-state index contributed by atoms with van der Waals surface area (Å²) in [4.78, 5) is 4.17. The molecule has 4 heteroatoms. The van der Waals surface area contributed by atoms with E-state index in [0.29, 0.717) is 11.3 Å². The summed E-state index contributed by atoms with van der Waals surface area (Å²) in [6, 6.07) is 4.37. The maximum absolute atomic E-state index is 6.55. The average Bonchev–Trinajstić information content (AvgIpc) is 2.94. The zero-order chi connectivity index (χ0) is 14.4. The Morgan fingerprint density at radius 1 is 1.41 bits per heavy atom. The number of aromatic nitrogens is 2. The van der Waals surface area contributed by atoms with Gasteiger partial charge < -0.3 is 4.57 Å². The van der Waals surface area contributed by atoms with Gasteiger partial charge in [0.2, 0.25) is 0 Å². The van der Waals surface area contributed by atoms with E-state index in [1.54, 1.807) is 11.1 Å². The summed E-state index contributed by atoms with van der Waals surface area (Å²) in [5.41, 5.74) is 4.87. The summed E-state index contributed by atoms with van der Waals surface area (Å²) in [5.74, 6) is 0.655. The lowest BCUT2D eigenvalue weighted by Gasteiger charge is -2.44. The molecule has 4 rings (SSSR count). The van der Waals surface area contributed by atoms with Gasteiger partial charge in [-0.05, 0) is 66.2 Å². The highest BCUT2D eigenvalue weighted by Gasteiger charge is 2.40. The van der Waals surface area contributed by atoms with Crippen LogP contribution in [0.5, 0.6) is 0 Å². The molecule has 2 nitrogen and oxygen atoms in total. The highest BCUT2D eigenvalue weighted by atomic mass is 35.5. The van der Waals surface area contributed by atoms with E-state index in [2.05, 4.69) is 34.8 Å². The van der Waals surface area contributed by atoms with E-state index in [4.69, 9.17) is 11.6 Å². The number of hydrogen-bond acceptors (Lipinski definition) is 1. The lowest BCUT2D eigenvalue weighted by atomic mass is 9.61. The third-order valence-corrected chi connectivity index (χ3v) is 5.73. The molecule has 0 radical (unpaired) electrons. The number of hydrogen-bond donors (Lipinski definition) is 0. The number of aryl methyl sites for hydroxylation is 1. The smallest absolute Gasteiger partial charge is 0.0945 e. The molecule has 0 fully saturated rings. The van der Waals surface area contributed by atoms with E-state index in [1.165, 1.54) is 31.2 Å². The summed E-state index contributed by atoms with van der Waals surface area (Å²) >= 11 is 6.55. The molecule has 2 atom stereocenters. The molecule has 118 valence electrons. The van der Waals surface area contributed by atoms with E-state index in [0.717, 1.165) is 18.0 Å². The first kappa shape index (κ1) is 15.9. The first-order valence-corrected chi connectivity index (χ1v) is 8.30. The van der Waals surface area contributed by atoms with E-state index in [1.807, 2.05) is 12.5 Å². The third-order valence-electron chi connectivity index (χ3n) is 5.38. The molecule has 0 amide bonds. The Hall–Kier alpha value is -0.990. The second-order valence-corrected chi connectivity index (χ2v) is 7.42. The normalized spacial score (nSPS) is 26.2. The zero-order valence-electron chi connectivity index (χ0n) is 12.9. The Balaban J connectivity index is 0.00000144. The number of imidazole rings is 1. The van der Waals surface area contributed by atoms with Crippen LogP contribution >= 0.6 is 24.0 Å². The van der Waals surface area contributed by atoms with Gasteiger partial charge in [0, 0.05) is 24.0 Å². The number of rotatable bonds is 2. The minimum absolute atomic E-state index is 0. The van der Waals surface area contributed by atoms with Gasteiger partial charge in [-0.2, -0.15) is 0 Å². The van der Waals surface area contributed by atoms with Crippen LogP contribution in [0.4, 0.5) is 0 Å². The minimum atomic E-state index is 0. The van der Waals surface area contributed by atoms with Crippen LogP contribution in [0.15, 0.2) is 30.9 Å². The maximum atomic E-state index is 6.55. The predicted molar refractivity (Wildman–Crippen MR) is 93.0 cm³/mol. The quantitative estimate of drug-likeness (QED) is 0.769. The van der Waals surface area contributed by atoms with Gasteiger partial charge in [-0.15, -0.1) is 12.4 Å². The molecule has 0 N–H and O–H groups in total. The minimum Gasteiger partial charge on any atom is -0.337 e. The van der Waals surface area contributed by atoms with Crippen LogP contribution in [-0.2, 0) is 24.8 Å². The molecular weight excluding hydrogens is 315 g/mol. The zero-order valence-corrected chi connectivity index (χ0v) is 14.5. The van der Waals surface area contributed by atoms with Gasteiger partial charge in [-0.3, -0.25) is 0 Å². The lowest BCUT2D eigenvalue weighted by Crippen LogP contribution is -2.37. The van der Waals surface area contributed by atoms with Crippen molar-refractivity contribution in [3.05, 3.63) is 52.6 Å². The molecule has 0 saturated carbocycles. The topological polar surface area (TPSA) is 17.8 Å². The van der Waals surface area contributed by atoms with Gasteiger partial charge >= 0.3 is 0 Å². The van der Waals surface area contributed by atoms with Crippen molar-refractivity contribution >= 4 is 24.0 Å². The van der Waals surface area contributed by atoms with E-state index < -0.39 is 0 Å². The molecule has 1 aromatic carbocycles. The van der Waals surface area contributed by atoms with Crippen molar-refractivity contribution in [2.24, 2.45) is 5.92 Å². The lowest BCUT2D eigenvalue weighted by molar-refractivity contribution is 0.251. The number of nitrogens with zero attached hydrogens (tertiary/aromatic N) is 2. The van der Waals surface area contributed by atoms with Crippen molar-refractivity contribution in [1.29, 1.82) is 0 Å². The van der Waals surface area contributed by atoms with Gasteiger partial charge in [0.25, 0.3) is 0 Å². The van der Waals surface area contributed by atoms with Crippen LogP contribution in [0.2, 0.25) is 5.02 Å². The van der Waals surface area contributed by atoms with Gasteiger partial charge in [0.15, 0.2) is 0 Å². The highest BCUT2D eigenvalue weighted by Crippen LogP contribution is 2.49. The largest absolute Gasteiger partial charge is 0.337 e. The van der Waals surface area contributed by atoms with Crippen molar-refractivity contribution in [2.75, 3.05) is 0 Å². The Morgan fingerprint density at radius 3 is 3.05 bits per heavy atom. The summed E-state index contributed by atoms with van der Waals surface area (Å²) in [6.45, 7) is 3.50. The molecule has 0 saturated heterocycles.